The normalized spacial score (nSPS) is 10.6. The van der Waals surface area contributed by atoms with Crippen LogP contribution < -0.4 is 11.4 Å². The molecule has 0 radical (unpaired) electrons. The Morgan fingerprint density at radius 2 is 1.79 bits per heavy atom. The molecule has 3 aromatic rings. The van der Waals surface area contributed by atoms with Crippen LogP contribution in [0.4, 0.5) is 0 Å². The van der Waals surface area contributed by atoms with E-state index in [-0.39, 0.29) is 17.5 Å². The number of carbonyl (C=O) groups excluding carboxylic acids is 1. The summed E-state index contributed by atoms with van der Waals surface area (Å²) in [5.41, 5.74) is 8.15. The van der Waals surface area contributed by atoms with Gasteiger partial charge in [-0.1, -0.05) is 24.3 Å². The van der Waals surface area contributed by atoms with E-state index in [2.05, 4.69) is 9.84 Å². The Labute approximate surface area is 161 Å². The molecule has 0 aliphatic heterocycles. The van der Waals surface area contributed by atoms with Crippen LogP contribution in [0.15, 0.2) is 53.3 Å². The van der Waals surface area contributed by atoms with Crippen molar-refractivity contribution in [2.24, 2.45) is 12.8 Å². The second-order valence-electron chi connectivity index (χ2n) is 6.31. The van der Waals surface area contributed by atoms with Crippen LogP contribution in [0.3, 0.4) is 0 Å². The van der Waals surface area contributed by atoms with Gasteiger partial charge in [-0.05, 0) is 36.2 Å². The lowest BCUT2D eigenvalue weighted by Crippen LogP contribution is -2.22. The van der Waals surface area contributed by atoms with Gasteiger partial charge < -0.3 is 10.5 Å². The highest BCUT2D eigenvalue weighted by molar-refractivity contribution is 5.95. The van der Waals surface area contributed by atoms with E-state index in [0.717, 1.165) is 11.1 Å². The van der Waals surface area contributed by atoms with Crippen molar-refractivity contribution in [3.05, 3.63) is 70.1 Å². The molecule has 1 aromatic heterocycles. The molecule has 8 heteroatoms. The van der Waals surface area contributed by atoms with Gasteiger partial charge in [0.1, 0.15) is 5.84 Å². The molecule has 0 unspecified atom stereocenters. The number of nitrogens with one attached hydrogen (secondary N) is 1. The Morgan fingerprint density at radius 1 is 1.14 bits per heavy atom. The molecule has 0 spiro atoms. The summed E-state index contributed by atoms with van der Waals surface area (Å²) in [6.07, 6.45) is 0.905. The first-order valence-corrected chi connectivity index (χ1v) is 8.67. The zero-order chi connectivity index (χ0) is 20.3. The van der Waals surface area contributed by atoms with Crippen LogP contribution in [0.1, 0.15) is 17.5 Å². The lowest BCUT2D eigenvalue weighted by atomic mass is 10.1. The zero-order valence-corrected chi connectivity index (χ0v) is 15.7. The summed E-state index contributed by atoms with van der Waals surface area (Å²) in [5.74, 6) is 0.245. The van der Waals surface area contributed by atoms with Gasteiger partial charge in [0.2, 0.25) is 0 Å². The predicted molar refractivity (Wildman–Crippen MR) is 106 cm³/mol. The number of aromatic nitrogens is 3. The third kappa shape index (κ3) is 3.85. The number of nitrogens with two attached hydrogens (primary N) is 1. The van der Waals surface area contributed by atoms with Crippen molar-refractivity contribution in [3.8, 4) is 17.1 Å². The average molecular weight is 379 g/mol. The first-order valence-electron chi connectivity index (χ1n) is 8.67. The summed E-state index contributed by atoms with van der Waals surface area (Å²) in [7, 11) is 3.03. The molecule has 1 heterocycles. The Morgan fingerprint density at radius 3 is 2.36 bits per heavy atom. The molecule has 3 N–H and O–H groups in total. The number of rotatable bonds is 6. The average Bonchev–Trinajstić information content (AvgIpc) is 3.01. The third-order valence-electron chi connectivity index (χ3n) is 4.46. The second kappa shape index (κ2) is 7.91. The molecule has 8 nitrogen and oxygen atoms in total. The zero-order valence-electron chi connectivity index (χ0n) is 15.7. The smallest absolute Gasteiger partial charge is 0.350 e. The Bertz CT molecular complexity index is 1060. The highest BCUT2D eigenvalue weighted by Gasteiger charge is 2.14. The molecule has 0 fully saturated rings. The maximum atomic E-state index is 12.6. The first-order chi connectivity index (χ1) is 13.4. The fourth-order valence-electron chi connectivity index (χ4n) is 2.81. The van der Waals surface area contributed by atoms with E-state index in [4.69, 9.17) is 11.1 Å². The molecule has 0 bridgehead atoms. The van der Waals surface area contributed by atoms with Crippen molar-refractivity contribution >= 4 is 11.8 Å². The van der Waals surface area contributed by atoms with Crippen LogP contribution in [-0.4, -0.2) is 33.3 Å². The van der Waals surface area contributed by atoms with Gasteiger partial charge in [-0.15, -0.1) is 5.10 Å². The summed E-state index contributed by atoms with van der Waals surface area (Å²) < 4.78 is 7.44. The lowest BCUT2D eigenvalue weighted by Gasteiger charge is -2.03. The molecule has 0 saturated carbocycles. The molecule has 0 aliphatic carbocycles. The number of nitrogen functional groups attached to an aromatic ring is 1. The van der Waals surface area contributed by atoms with Crippen LogP contribution in [0.25, 0.3) is 17.1 Å². The van der Waals surface area contributed by atoms with E-state index >= 15 is 0 Å². The summed E-state index contributed by atoms with van der Waals surface area (Å²) in [4.78, 5) is 23.9. The van der Waals surface area contributed by atoms with Crippen molar-refractivity contribution in [3.63, 3.8) is 0 Å². The Hall–Kier alpha value is -3.68. The number of amidine groups is 1. The number of carbonyl (C=O) groups is 1. The summed E-state index contributed by atoms with van der Waals surface area (Å²) in [6, 6.07) is 14.3. The highest BCUT2D eigenvalue weighted by Crippen LogP contribution is 2.18. The standard InChI is InChI=1S/C20H21N5O3/c1-24-19(15-6-3-13(4-7-15)5-12-17(26)28-2)23-25(20(24)27)16-10-8-14(9-11-16)18(21)22/h3-4,6-11H,5,12H2,1-2H3,(H3,21,22). The fourth-order valence-corrected chi connectivity index (χ4v) is 2.81. The highest BCUT2D eigenvalue weighted by atomic mass is 16.5. The quantitative estimate of drug-likeness (QED) is 0.384. The fraction of sp³-hybridized carbons (Fsp3) is 0.200. The van der Waals surface area contributed by atoms with Crippen molar-refractivity contribution < 1.29 is 9.53 Å². The monoisotopic (exact) mass is 379 g/mol. The molecule has 2 aromatic carbocycles. The molecule has 0 amide bonds. The Balaban J connectivity index is 1.87. The number of esters is 1. The van der Waals surface area contributed by atoms with Gasteiger partial charge >= 0.3 is 11.7 Å². The van der Waals surface area contributed by atoms with Crippen molar-refractivity contribution in [2.45, 2.75) is 12.8 Å². The van der Waals surface area contributed by atoms with Crippen LogP contribution >= 0.6 is 0 Å². The van der Waals surface area contributed by atoms with Crippen molar-refractivity contribution in [1.82, 2.24) is 14.3 Å². The minimum atomic E-state index is -0.277. The van der Waals surface area contributed by atoms with Crippen molar-refractivity contribution in [1.29, 1.82) is 5.41 Å². The lowest BCUT2D eigenvalue weighted by molar-refractivity contribution is -0.140. The molecular weight excluding hydrogens is 358 g/mol. The van der Waals surface area contributed by atoms with Gasteiger partial charge in [0.05, 0.1) is 12.8 Å². The van der Waals surface area contributed by atoms with Gasteiger partial charge in [-0.25, -0.2) is 4.79 Å². The summed E-state index contributed by atoms with van der Waals surface area (Å²) in [5, 5.41) is 11.9. The van der Waals surface area contributed by atoms with E-state index < -0.39 is 0 Å². The van der Waals surface area contributed by atoms with Crippen LogP contribution in [0, 0.1) is 5.41 Å². The number of hydrogen-bond donors (Lipinski definition) is 2. The number of hydrogen-bond acceptors (Lipinski definition) is 5. The van der Waals surface area contributed by atoms with E-state index in [1.54, 1.807) is 31.3 Å². The largest absolute Gasteiger partial charge is 0.469 e. The van der Waals surface area contributed by atoms with Crippen LogP contribution in [0.2, 0.25) is 0 Å². The number of nitrogens with zero attached hydrogens (tertiary/aromatic N) is 3. The van der Waals surface area contributed by atoms with E-state index in [1.165, 1.54) is 16.4 Å². The van der Waals surface area contributed by atoms with Crippen molar-refractivity contribution in [2.75, 3.05) is 7.11 Å². The number of benzene rings is 2. The maximum Gasteiger partial charge on any atom is 0.350 e. The number of aryl methyl sites for hydroxylation is 1. The molecule has 144 valence electrons. The summed E-state index contributed by atoms with van der Waals surface area (Å²) >= 11 is 0. The Kier molecular flexibility index (Phi) is 5.39. The number of ether oxygens (including phenoxy) is 1. The molecule has 0 atom stereocenters. The number of methoxy groups -OCH3 is 1. The van der Waals surface area contributed by atoms with Gasteiger partial charge in [0, 0.05) is 24.6 Å². The van der Waals surface area contributed by atoms with Gasteiger partial charge in [-0.2, -0.15) is 4.68 Å². The van der Waals surface area contributed by atoms with Gasteiger partial charge in [0.25, 0.3) is 0 Å². The predicted octanol–water partition coefficient (Wildman–Crippen LogP) is 1.63. The van der Waals surface area contributed by atoms with E-state index in [1.807, 2.05) is 24.3 Å². The molecular formula is C20H21N5O3. The minimum absolute atomic E-state index is 0.0344. The molecule has 3 rings (SSSR count). The molecule has 0 saturated heterocycles. The van der Waals surface area contributed by atoms with Crippen LogP contribution in [0.5, 0.6) is 0 Å². The van der Waals surface area contributed by atoms with E-state index in [0.29, 0.717) is 29.9 Å². The van der Waals surface area contributed by atoms with Gasteiger partial charge in [0.15, 0.2) is 5.82 Å². The van der Waals surface area contributed by atoms with Gasteiger partial charge in [-0.3, -0.25) is 14.8 Å². The molecule has 0 aliphatic rings. The maximum absolute atomic E-state index is 12.6. The SMILES string of the molecule is COC(=O)CCc1ccc(-c2nn(-c3ccc(C(=N)N)cc3)c(=O)n2C)cc1. The summed E-state index contributed by atoms with van der Waals surface area (Å²) in [6.45, 7) is 0. The topological polar surface area (TPSA) is 116 Å². The van der Waals surface area contributed by atoms with E-state index in [9.17, 15) is 9.59 Å². The molecule has 28 heavy (non-hydrogen) atoms. The third-order valence-corrected chi connectivity index (χ3v) is 4.46. The minimum Gasteiger partial charge on any atom is -0.469 e. The first kappa shape index (κ1) is 19.1. The van der Waals surface area contributed by atoms with Crippen LogP contribution in [-0.2, 0) is 23.0 Å². The second-order valence-corrected chi connectivity index (χ2v) is 6.31.